The van der Waals surface area contributed by atoms with Crippen molar-refractivity contribution in [1.82, 2.24) is 9.97 Å². The molecule has 0 bridgehead atoms. The molecule has 0 radical (unpaired) electrons. The predicted molar refractivity (Wildman–Crippen MR) is 67.7 cm³/mol. The van der Waals surface area contributed by atoms with E-state index in [1.807, 2.05) is 11.9 Å². The highest BCUT2D eigenvalue weighted by Gasteiger charge is 2.10. The fourth-order valence-electron chi connectivity index (χ4n) is 1.31. The highest BCUT2D eigenvalue weighted by atomic mass is 35.5. The fraction of sp³-hybridized carbons (Fsp3) is 0.636. The molecule has 1 rings (SSSR count). The number of halogens is 1. The molecule has 1 atom stereocenters. The van der Waals surface area contributed by atoms with Gasteiger partial charge in [-0.05, 0) is 12.3 Å². The Labute approximate surface area is 102 Å². The van der Waals surface area contributed by atoms with Crippen molar-refractivity contribution in [2.75, 3.05) is 18.5 Å². The summed E-state index contributed by atoms with van der Waals surface area (Å²) in [5, 5.41) is 0.414. The van der Waals surface area contributed by atoms with Crippen LogP contribution >= 0.6 is 11.6 Å². The summed E-state index contributed by atoms with van der Waals surface area (Å²) in [5.74, 6) is 1.28. The first-order chi connectivity index (χ1) is 7.50. The lowest BCUT2D eigenvalue weighted by atomic mass is 10.0. The van der Waals surface area contributed by atoms with Gasteiger partial charge in [-0.2, -0.15) is 0 Å². The summed E-state index contributed by atoms with van der Waals surface area (Å²) in [5.41, 5.74) is 5.98. The van der Waals surface area contributed by atoms with Crippen LogP contribution in [0.25, 0.3) is 0 Å². The SMILES string of the molecule is CC(C)C(N)CCN(C)c1cncc(Cl)n1. The van der Waals surface area contributed by atoms with Gasteiger partial charge in [0.05, 0.1) is 12.4 Å². The van der Waals surface area contributed by atoms with Crippen LogP contribution in [0.5, 0.6) is 0 Å². The Hall–Kier alpha value is -0.870. The maximum atomic E-state index is 5.98. The van der Waals surface area contributed by atoms with Gasteiger partial charge in [0.1, 0.15) is 11.0 Å². The third kappa shape index (κ3) is 3.94. The van der Waals surface area contributed by atoms with Crippen molar-refractivity contribution in [2.24, 2.45) is 11.7 Å². The zero-order chi connectivity index (χ0) is 12.1. The van der Waals surface area contributed by atoms with Gasteiger partial charge < -0.3 is 10.6 Å². The normalized spacial score (nSPS) is 12.9. The monoisotopic (exact) mass is 242 g/mol. The lowest BCUT2D eigenvalue weighted by Gasteiger charge is -2.21. The second-order valence-electron chi connectivity index (χ2n) is 4.32. The van der Waals surface area contributed by atoms with E-state index in [0.717, 1.165) is 18.8 Å². The number of aromatic nitrogens is 2. The first kappa shape index (κ1) is 13.2. The predicted octanol–water partition coefficient (Wildman–Crippen LogP) is 1.94. The summed E-state index contributed by atoms with van der Waals surface area (Å²) >= 11 is 5.78. The van der Waals surface area contributed by atoms with Gasteiger partial charge in [-0.1, -0.05) is 25.4 Å². The van der Waals surface area contributed by atoms with Gasteiger partial charge >= 0.3 is 0 Å². The van der Waals surface area contributed by atoms with E-state index < -0.39 is 0 Å². The van der Waals surface area contributed by atoms with Gasteiger partial charge in [0.25, 0.3) is 0 Å². The van der Waals surface area contributed by atoms with Gasteiger partial charge in [0.2, 0.25) is 0 Å². The van der Waals surface area contributed by atoms with Crippen molar-refractivity contribution in [3.63, 3.8) is 0 Å². The number of nitrogens with zero attached hydrogens (tertiary/aromatic N) is 3. The molecule has 0 aliphatic heterocycles. The molecule has 0 saturated heterocycles. The molecular weight excluding hydrogens is 224 g/mol. The quantitative estimate of drug-likeness (QED) is 0.858. The third-order valence-electron chi connectivity index (χ3n) is 2.64. The van der Waals surface area contributed by atoms with Crippen LogP contribution in [0.2, 0.25) is 5.15 Å². The number of nitrogens with two attached hydrogens (primary N) is 1. The molecule has 4 nitrogen and oxygen atoms in total. The van der Waals surface area contributed by atoms with Crippen LogP contribution in [0.4, 0.5) is 5.82 Å². The van der Waals surface area contributed by atoms with Gasteiger partial charge in [-0.25, -0.2) is 4.98 Å². The second-order valence-corrected chi connectivity index (χ2v) is 4.71. The highest BCUT2D eigenvalue weighted by molar-refractivity contribution is 6.29. The van der Waals surface area contributed by atoms with E-state index in [0.29, 0.717) is 11.1 Å². The fourth-order valence-corrected chi connectivity index (χ4v) is 1.45. The standard InChI is InChI=1S/C11H19ClN4/c1-8(2)9(13)4-5-16(3)11-7-14-6-10(12)15-11/h6-9H,4-5,13H2,1-3H3. The minimum atomic E-state index is 0.217. The molecule has 0 aliphatic carbocycles. The minimum Gasteiger partial charge on any atom is -0.358 e. The van der Waals surface area contributed by atoms with Crippen LogP contribution in [0.3, 0.4) is 0 Å². The lowest BCUT2D eigenvalue weighted by Crippen LogP contribution is -2.32. The average molecular weight is 243 g/mol. The number of hydrogen-bond acceptors (Lipinski definition) is 4. The van der Waals surface area contributed by atoms with E-state index in [2.05, 4.69) is 23.8 Å². The Balaban J connectivity index is 2.49. The van der Waals surface area contributed by atoms with Crippen LogP contribution in [0.15, 0.2) is 12.4 Å². The summed E-state index contributed by atoms with van der Waals surface area (Å²) in [6.45, 7) is 5.11. The van der Waals surface area contributed by atoms with Gasteiger partial charge in [-0.3, -0.25) is 4.98 Å². The molecule has 0 amide bonds. The molecule has 0 aliphatic rings. The zero-order valence-corrected chi connectivity index (χ0v) is 10.8. The maximum absolute atomic E-state index is 5.98. The molecule has 1 aromatic heterocycles. The number of hydrogen-bond donors (Lipinski definition) is 1. The van der Waals surface area contributed by atoms with E-state index in [-0.39, 0.29) is 6.04 Å². The van der Waals surface area contributed by atoms with Crippen molar-refractivity contribution in [3.8, 4) is 0 Å². The van der Waals surface area contributed by atoms with Crippen LogP contribution in [-0.2, 0) is 0 Å². The van der Waals surface area contributed by atoms with Gasteiger partial charge in [0.15, 0.2) is 0 Å². The van der Waals surface area contributed by atoms with Gasteiger partial charge in [0, 0.05) is 19.6 Å². The number of anilines is 1. The van der Waals surface area contributed by atoms with E-state index in [1.165, 1.54) is 6.20 Å². The van der Waals surface area contributed by atoms with E-state index in [4.69, 9.17) is 17.3 Å². The van der Waals surface area contributed by atoms with Crippen molar-refractivity contribution in [2.45, 2.75) is 26.3 Å². The van der Waals surface area contributed by atoms with Crippen molar-refractivity contribution >= 4 is 17.4 Å². The largest absolute Gasteiger partial charge is 0.358 e. The summed E-state index contributed by atoms with van der Waals surface area (Å²) < 4.78 is 0. The van der Waals surface area contributed by atoms with Crippen molar-refractivity contribution < 1.29 is 0 Å². The van der Waals surface area contributed by atoms with E-state index in [9.17, 15) is 0 Å². The second kappa shape index (κ2) is 6.01. The van der Waals surface area contributed by atoms with E-state index in [1.54, 1.807) is 6.20 Å². The van der Waals surface area contributed by atoms with Crippen molar-refractivity contribution in [1.29, 1.82) is 0 Å². The Morgan fingerprint density at radius 2 is 2.12 bits per heavy atom. The molecule has 1 heterocycles. The first-order valence-corrected chi connectivity index (χ1v) is 5.82. The average Bonchev–Trinajstić information content (AvgIpc) is 2.25. The third-order valence-corrected chi connectivity index (χ3v) is 2.82. The summed E-state index contributed by atoms with van der Waals surface area (Å²) in [4.78, 5) is 10.2. The maximum Gasteiger partial charge on any atom is 0.149 e. The molecule has 16 heavy (non-hydrogen) atoms. The molecule has 5 heteroatoms. The van der Waals surface area contributed by atoms with Crippen LogP contribution in [0, 0.1) is 5.92 Å². The topological polar surface area (TPSA) is 55.0 Å². The van der Waals surface area contributed by atoms with E-state index >= 15 is 0 Å². The molecule has 0 aromatic carbocycles. The first-order valence-electron chi connectivity index (χ1n) is 5.45. The highest BCUT2D eigenvalue weighted by Crippen LogP contribution is 2.12. The zero-order valence-electron chi connectivity index (χ0n) is 10.0. The Kier molecular flexibility index (Phi) is 4.96. The molecule has 0 saturated carbocycles. The molecule has 90 valence electrons. The molecule has 0 fully saturated rings. The van der Waals surface area contributed by atoms with Crippen LogP contribution in [0.1, 0.15) is 20.3 Å². The molecule has 1 aromatic rings. The minimum absolute atomic E-state index is 0.217. The molecule has 2 N–H and O–H groups in total. The Bertz CT molecular complexity index is 330. The summed E-state index contributed by atoms with van der Waals surface area (Å²) in [6, 6.07) is 0.217. The summed E-state index contributed by atoms with van der Waals surface area (Å²) in [6.07, 6.45) is 4.16. The Morgan fingerprint density at radius 1 is 1.44 bits per heavy atom. The summed E-state index contributed by atoms with van der Waals surface area (Å²) in [7, 11) is 1.97. The van der Waals surface area contributed by atoms with Crippen molar-refractivity contribution in [3.05, 3.63) is 17.5 Å². The lowest BCUT2D eigenvalue weighted by molar-refractivity contribution is 0.465. The van der Waals surface area contributed by atoms with Crippen LogP contribution in [-0.4, -0.2) is 29.6 Å². The number of rotatable bonds is 5. The Morgan fingerprint density at radius 3 is 2.69 bits per heavy atom. The van der Waals surface area contributed by atoms with Gasteiger partial charge in [-0.15, -0.1) is 0 Å². The van der Waals surface area contributed by atoms with Crippen LogP contribution < -0.4 is 10.6 Å². The smallest absolute Gasteiger partial charge is 0.149 e. The molecule has 0 spiro atoms. The molecule has 1 unspecified atom stereocenters. The molecular formula is C11H19ClN4.